The van der Waals surface area contributed by atoms with E-state index >= 15 is 0 Å². The number of methoxy groups -OCH3 is 1. The summed E-state index contributed by atoms with van der Waals surface area (Å²) in [5.41, 5.74) is 1.94. The zero-order chi connectivity index (χ0) is 15.9. The van der Waals surface area contributed by atoms with Gasteiger partial charge in [-0.1, -0.05) is 13.3 Å². The van der Waals surface area contributed by atoms with E-state index in [4.69, 9.17) is 4.74 Å². The van der Waals surface area contributed by atoms with Crippen molar-refractivity contribution in [1.29, 1.82) is 0 Å². The van der Waals surface area contributed by atoms with Crippen molar-refractivity contribution in [3.8, 4) is 17.0 Å². The number of carbonyl (C=O) groups is 1. The maximum Gasteiger partial charge on any atom is 0.269 e. The second-order valence-corrected chi connectivity index (χ2v) is 5.05. The Balaban J connectivity index is 1.99. The van der Waals surface area contributed by atoms with Gasteiger partial charge in [-0.3, -0.25) is 9.89 Å². The largest absolute Gasteiger partial charge is 0.497 e. The van der Waals surface area contributed by atoms with Gasteiger partial charge >= 0.3 is 0 Å². The molecule has 0 radical (unpaired) electrons. The third kappa shape index (κ3) is 4.08. The van der Waals surface area contributed by atoms with E-state index in [2.05, 4.69) is 15.5 Å². The first-order valence-corrected chi connectivity index (χ1v) is 7.30. The van der Waals surface area contributed by atoms with Crippen LogP contribution in [0.1, 0.15) is 30.3 Å². The molecule has 1 atom stereocenters. The van der Waals surface area contributed by atoms with Gasteiger partial charge in [0.1, 0.15) is 11.4 Å². The Morgan fingerprint density at radius 2 is 2.14 bits per heavy atom. The standard InChI is InChI=1S/C16H21N3O3/c1-3-4-12(20)10-17-16(21)15-9-14(18-19-15)11-5-7-13(22-2)8-6-11/h5-9,12,20H,3-4,10H2,1-2H3,(H,17,21)(H,18,19). The summed E-state index contributed by atoms with van der Waals surface area (Å²) in [6.45, 7) is 2.23. The van der Waals surface area contributed by atoms with Crippen LogP contribution in [0.3, 0.4) is 0 Å². The number of nitrogens with zero attached hydrogens (tertiary/aromatic N) is 1. The molecule has 0 saturated carbocycles. The average Bonchev–Trinajstić information content (AvgIpc) is 3.03. The highest BCUT2D eigenvalue weighted by Gasteiger charge is 2.12. The number of aliphatic hydroxyl groups excluding tert-OH is 1. The molecular formula is C16H21N3O3. The first kappa shape index (κ1) is 16.0. The predicted octanol–water partition coefficient (Wildman–Crippen LogP) is 1.98. The topological polar surface area (TPSA) is 87.2 Å². The van der Waals surface area contributed by atoms with Gasteiger partial charge in [0.2, 0.25) is 0 Å². The van der Waals surface area contributed by atoms with Crippen LogP contribution in [-0.2, 0) is 0 Å². The zero-order valence-corrected chi connectivity index (χ0v) is 12.8. The van der Waals surface area contributed by atoms with Crippen molar-refractivity contribution in [2.45, 2.75) is 25.9 Å². The number of benzene rings is 1. The van der Waals surface area contributed by atoms with Crippen LogP contribution < -0.4 is 10.1 Å². The summed E-state index contributed by atoms with van der Waals surface area (Å²) in [5.74, 6) is 0.490. The Bertz CT molecular complexity index is 607. The Hall–Kier alpha value is -2.34. The fraction of sp³-hybridized carbons (Fsp3) is 0.375. The number of nitrogens with one attached hydrogen (secondary N) is 2. The Morgan fingerprint density at radius 3 is 2.77 bits per heavy atom. The van der Waals surface area contributed by atoms with Crippen LogP contribution in [0, 0.1) is 0 Å². The number of ether oxygens (including phenoxy) is 1. The summed E-state index contributed by atoms with van der Waals surface area (Å²) in [7, 11) is 1.61. The van der Waals surface area contributed by atoms with Gasteiger partial charge in [0.15, 0.2) is 0 Å². The first-order chi connectivity index (χ1) is 10.6. The first-order valence-electron chi connectivity index (χ1n) is 7.30. The summed E-state index contributed by atoms with van der Waals surface area (Å²) >= 11 is 0. The van der Waals surface area contributed by atoms with E-state index in [-0.39, 0.29) is 12.5 Å². The van der Waals surface area contributed by atoms with E-state index in [1.54, 1.807) is 13.2 Å². The second-order valence-electron chi connectivity index (χ2n) is 5.05. The number of hydrogen-bond acceptors (Lipinski definition) is 4. The van der Waals surface area contributed by atoms with Crippen LogP contribution in [0.4, 0.5) is 0 Å². The lowest BCUT2D eigenvalue weighted by Gasteiger charge is -2.09. The molecule has 0 aliphatic carbocycles. The molecule has 2 rings (SSSR count). The lowest BCUT2D eigenvalue weighted by atomic mass is 10.1. The molecule has 6 heteroatoms. The van der Waals surface area contributed by atoms with Crippen LogP contribution in [0.5, 0.6) is 5.75 Å². The summed E-state index contributed by atoms with van der Waals surface area (Å²) in [5, 5.41) is 19.2. The maximum atomic E-state index is 12.0. The third-order valence-corrected chi connectivity index (χ3v) is 3.33. The number of H-pyrrole nitrogens is 1. The monoisotopic (exact) mass is 303 g/mol. The van der Waals surface area contributed by atoms with Crippen LogP contribution in [0.15, 0.2) is 30.3 Å². The van der Waals surface area contributed by atoms with E-state index in [1.165, 1.54) is 0 Å². The highest BCUT2D eigenvalue weighted by atomic mass is 16.5. The number of hydrogen-bond donors (Lipinski definition) is 3. The SMILES string of the molecule is CCCC(O)CNC(=O)c1cc(-c2ccc(OC)cc2)n[nH]1. The highest BCUT2D eigenvalue weighted by molar-refractivity contribution is 5.93. The van der Waals surface area contributed by atoms with Crippen molar-refractivity contribution >= 4 is 5.91 Å². The summed E-state index contributed by atoms with van der Waals surface area (Å²) in [4.78, 5) is 12.0. The van der Waals surface area contributed by atoms with Crippen molar-refractivity contribution in [3.05, 3.63) is 36.0 Å². The van der Waals surface area contributed by atoms with Crippen molar-refractivity contribution in [2.75, 3.05) is 13.7 Å². The molecule has 1 unspecified atom stereocenters. The van der Waals surface area contributed by atoms with Gasteiger partial charge in [-0.25, -0.2) is 0 Å². The van der Waals surface area contributed by atoms with Crippen molar-refractivity contribution in [3.63, 3.8) is 0 Å². The van der Waals surface area contributed by atoms with E-state index < -0.39 is 6.10 Å². The zero-order valence-electron chi connectivity index (χ0n) is 12.8. The molecule has 0 fully saturated rings. The number of amides is 1. The molecule has 1 aromatic heterocycles. The van der Waals surface area contributed by atoms with Crippen LogP contribution in [-0.4, -0.2) is 41.0 Å². The Labute approximate surface area is 129 Å². The molecule has 2 aromatic rings. The van der Waals surface area contributed by atoms with Gasteiger partial charge in [0, 0.05) is 12.1 Å². The molecule has 1 heterocycles. The lowest BCUT2D eigenvalue weighted by molar-refractivity contribution is 0.0905. The van der Waals surface area contributed by atoms with E-state index in [0.29, 0.717) is 17.8 Å². The molecule has 1 aromatic carbocycles. The van der Waals surface area contributed by atoms with E-state index in [9.17, 15) is 9.90 Å². The maximum absolute atomic E-state index is 12.0. The Morgan fingerprint density at radius 1 is 1.41 bits per heavy atom. The molecular weight excluding hydrogens is 282 g/mol. The number of rotatable bonds is 7. The third-order valence-electron chi connectivity index (χ3n) is 3.33. The predicted molar refractivity (Wildman–Crippen MR) is 83.8 cm³/mol. The fourth-order valence-electron chi connectivity index (χ4n) is 2.09. The van der Waals surface area contributed by atoms with Gasteiger partial charge in [0.05, 0.1) is 18.9 Å². The van der Waals surface area contributed by atoms with Crippen molar-refractivity contribution in [1.82, 2.24) is 15.5 Å². The van der Waals surface area contributed by atoms with E-state index in [0.717, 1.165) is 17.7 Å². The summed E-state index contributed by atoms with van der Waals surface area (Å²) < 4.78 is 5.11. The summed E-state index contributed by atoms with van der Waals surface area (Å²) in [6, 6.07) is 9.11. The van der Waals surface area contributed by atoms with Crippen molar-refractivity contribution < 1.29 is 14.6 Å². The smallest absolute Gasteiger partial charge is 0.269 e. The van der Waals surface area contributed by atoms with Crippen LogP contribution in [0.25, 0.3) is 11.3 Å². The number of aromatic nitrogens is 2. The molecule has 0 aliphatic heterocycles. The van der Waals surface area contributed by atoms with Gasteiger partial charge in [0.25, 0.3) is 5.91 Å². The molecule has 3 N–H and O–H groups in total. The minimum absolute atomic E-state index is 0.240. The molecule has 0 saturated heterocycles. The lowest BCUT2D eigenvalue weighted by Crippen LogP contribution is -2.32. The number of carbonyl (C=O) groups excluding carboxylic acids is 1. The van der Waals surface area contributed by atoms with Gasteiger partial charge in [-0.2, -0.15) is 5.10 Å². The van der Waals surface area contributed by atoms with Crippen LogP contribution >= 0.6 is 0 Å². The average molecular weight is 303 g/mol. The quantitative estimate of drug-likeness (QED) is 0.730. The van der Waals surface area contributed by atoms with Gasteiger partial charge in [-0.15, -0.1) is 0 Å². The molecule has 0 aliphatic rings. The second kappa shape index (κ2) is 7.61. The van der Waals surface area contributed by atoms with Crippen molar-refractivity contribution in [2.24, 2.45) is 0 Å². The molecule has 1 amide bonds. The highest BCUT2D eigenvalue weighted by Crippen LogP contribution is 2.21. The minimum atomic E-state index is -0.516. The minimum Gasteiger partial charge on any atom is -0.497 e. The molecule has 22 heavy (non-hydrogen) atoms. The molecule has 0 spiro atoms. The van der Waals surface area contributed by atoms with Crippen LogP contribution in [0.2, 0.25) is 0 Å². The van der Waals surface area contributed by atoms with Gasteiger partial charge in [-0.05, 0) is 36.8 Å². The van der Waals surface area contributed by atoms with E-state index in [1.807, 2.05) is 31.2 Å². The Kier molecular flexibility index (Phi) is 5.55. The molecule has 6 nitrogen and oxygen atoms in total. The molecule has 118 valence electrons. The fourth-order valence-corrected chi connectivity index (χ4v) is 2.09. The number of aromatic amines is 1. The summed E-state index contributed by atoms with van der Waals surface area (Å²) in [6.07, 6.45) is 1.03. The van der Waals surface area contributed by atoms with Gasteiger partial charge < -0.3 is 15.2 Å². The normalized spacial score (nSPS) is 12.0. The number of aliphatic hydroxyl groups is 1. The molecule has 0 bridgehead atoms.